The Morgan fingerprint density at radius 2 is 1.69 bits per heavy atom. The minimum Gasteiger partial charge on any atom is -0.347 e. The largest absolute Gasteiger partial charge is 0.347 e. The van der Waals surface area contributed by atoms with Gasteiger partial charge in [0.2, 0.25) is 0 Å². The summed E-state index contributed by atoms with van der Waals surface area (Å²) in [4.78, 5) is 24.7. The minimum atomic E-state index is -0.361. The predicted octanol–water partition coefficient (Wildman–Crippen LogP) is 4.10. The number of anilines is 1. The molecule has 7 heteroatoms. The van der Waals surface area contributed by atoms with Crippen LogP contribution in [0.3, 0.4) is 0 Å². The van der Waals surface area contributed by atoms with Crippen LogP contribution in [0.15, 0.2) is 53.0 Å². The van der Waals surface area contributed by atoms with Gasteiger partial charge in [-0.2, -0.15) is 0 Å². The number of para-hydroxylation sites is 1. The summed E-state index contributed by atoms with van der Waals surface area (Å²) in [5.74, 6) is -0.554. The molecule has 0 fully saturated rings. The first-order valence-corrected chi connectivity index (χ1v) is 9.15. The molecule has 0 bridgehead atoms. The lowest BCUT2D eigenvalue weighted by atomic mass is 10.1. The van der Waals surface area contributed by atoms with Gasteiger partial charge in [0.05, 0.1) is 11.3 Å². The van der Waals surface area contributed by atoms with Gasteiger partial charge in [-0.3, -0.25) is 14.9 Å². The van der Waals surface area contributed by atoms with Gasteiger partial charge >= 0.3 is 0 Å². The molecule has 0 aromatic heterocycles. The van der Waals surface area contributed by atoms with E-state index in [1.807, 2.05) is 26.8 Å². The number of thiocarbonyl (C=S) groups is 1. The van der Waals surface area contributed by atoms with Crippen molar-refractivity contribution in [1.29, 1.82) is 0 Å². The maximum Gasteiger partial charge on any atom is 0.257 e. The fourth-order valence-electron chi connectivity index (χ4n) is 2.16. The Balaban J connectivity index is 2.10. The van der Waals surface area contributed by atoms with Crippen molar-refractivity contribution in [2.45, 2.75) is 26.3 Å². The zero-order chi connectivity index (χ0) is 19.3. The van der Waals surface area contributed by atoms with Gasteiger partial charge in [-0.25, -0.2) is 0 Å². The van der Waals surface area contributed by atoms with E-state index >= 15 is 0 Å². The summed E-state index contributed by atoms with van der Waals surface area (Å²) in [7, 11) is 0. The lowest BCUT2D eigenvalue weighted by molar-refractivity contribution is 0.0919. The van der Waals surface area contributed by atoms with Gasteiger partial charge in [-0.15, -0.1) is 0 Å². The van der Waals surface area contributed by atoms with E-state index in [-0.39, 0.29) is 22.5 Å². The second-order valence-corrected chi connectivity index (χ2v) is 7.99. The van der Waals surface area contributed by atoms with Crippen LogP contribution in [0.2, 0.25) is 0 Å². The van der Waals surface area contributed by atoms with Crippen LogP contribution in [0.1, 0.15) is 41.5 Å². The van der Waals surface area contributed by atoms with Gasteiger partial charge in [0.15, 0.2) is 5.11 Å². The molecule has 2 rings (SSSR count). The Hall–Kier alpha value is -2.25. The van der Waals surface area contributed by atoms with Crippen molar-refractivity contribution in [1.82, 2.24) is 10.6 Å². The van der Waals surface area contributed by atoms with Gasteiger partial charge in [0, 0.05) is 15.6 Å². The van der Waals surface area contributed by atoms with Crippen LogP contribution >= 0.6 is 28.1 Å². The summed E-state index contributed by atoms with van der Waals surface area (Å²) in [5, 5.41) is 8.56. The van der Waals surface area contributed by atoms with Crippen LogP contribution in [0.4, 0.5) is 5.69 Å². The smallest absolute Gasteiger partial charge is 0.257 e. The van der Waals surface area contributed by atoms with E-state index in [4.69, 9.17) is 12.2 Å². The van der Waals surface area contributed by atoms with E-state index in [1.165, 1.54) is 0 Å². The Morgan fingerprint density at radius 3 is 2.35 bits per heavy atom. The van der Waals surface area contributed by atoms with Crippen LogP contribution in [0.5, 0.6) is 0 Å². The standard InChI is InChI=1S/C19H20BrN3O2S/c1-19(2,3)23-17(25)14-9-4-5-10-15(14)21-18(26)22-16(24)12-7-6-8-13(20)11-12/h4-11H,1-3H3,(H,23,25)(H2,21,22,24,26). The second kappa shape index (κ2) is 8.42. The van der Waals surface area contributed by atoms with Crippen LogP contribution in [-0.2, 0) is 0 Å². The monoisotopic (exact) mass is 433 g/mol. The Bertz CT molecular complexity index is 847. The SMILES string of the molecule is CC(C)(C)NC(=O)c1ccccc1NC(=S)NC(=O)c1cccc(Br)c1. The lowest BCUT2D eigenvalue weighted by Crippen LogP contribution is -2.41. The summed E-state index contributed by atoms with van der Waals surface area (Å²) >= 11 is 8.54. The van der Waals surface area contributed by atoms with Crippen molar-refractivity contribution >= 4 is 50.8 Å². The first-order valence-electron chi connectivity index (χ1n) is 7.95. The topological polar surface area (TPSA) is 70.2 Å². The second-order valence-electron chi connectivity index (χ2n) is 6.67. The summed E-state index contributed by atoms with van der Waals surface area (Å²) in [6, 6.07) is 14.0. The molecule has 0 unspecified atom stereocenters. The van der Waals surface area contributed by atoms with Crippen molar-refractivity contribution in [3.63, 3.8) is 0 Å². The van der Waals surface area contributed by atoms with Gasteiger partial charge in [0.25, 0.3) is 11.8 Å². The van der Waals surface area contributed by atoms with Gasteiger partial charge in [-0.1, -0.05) is 34.1 Å². The van der Waals surface area contributed by atoms with Crippen LogP contribution in [0.25, 0.3) is 0 Å². The summed E-state index contributed by atoms with van der Waals surface area (Å²) in [5.41, 5.74) is 1.08. The number of amides is 2. The molecule has 2 amide bonds. The first kappa shape index (κ1) is 20.1. The van der Waals surface area contributed by atoms with Gasteiger partial charge < -0.3 is 10.6 Å². The maximum atomic E-state index is 12.5. The fraction of sp³-hybridized carbons (Fsp3) is 0.211. The van der Waals surface area contributed by atoms with E-state index in [2.05, 4.69) is 31.9 Å². The molecule has 5 nitrogen and oxygen atoms in total. The van der Waals surface area contributed by atoms with Crippen molar-refractivity contribution in [2.24, 2.45) is 0 Å². The normalized spacial score (nSPS) is 10.8. The zero-order valence-electron chi connectivity index (χ0n) is 14.7. The number of halogens is 1. The molecule has 0 saturated carbocycles. The average molecular weight is 434 g/mol. The maximum absolute atomic E-state index is 12.5. The van der Waals surface area contributed by atoms with Gasteiger partial charge in [0.1, 0.15) is 0 Å². The summed E-state index contributed by atoms with van der Waals surface area (Å²) in [6.07, 6.45) is 0. The number of hydrogen-bond donors (Lipinski definition) is 3. The molecular formula is C19H20BrN3O2S. The Morgan fingerprint density at radius 1 is 1.00 bits per heavy atom. The molecule has 0 atom stereocenters. The number of carbonyl (C=O) groups is 2. The van der Waals surface area contributed by atoms with Crippen molar-refractivity contribution < 1.29 is 9.59 Å². The van der Waals surface area contributed by atoms with E-state index < -0.39 is 0 Å². The van der Waals surface area contributed by atoms with Crippen LogP contribution in [0, 0.1) is 0 Å². The van der Waals surface area contributed by atoms with Crippen LogP contribution in [-0.4, -0.2) is 22.5 Å². The highest BCUT2D eigenvalue weighted by Crippen LogP contribution is 2.16. The molecule has 0 aliphatic rings. The first-order chi connectivity index (χ1) is 12.2. The predicted molar refractivity (Wildman–Crippen MR) is 111 cm³/mol. The summed E-state index contributed by atoms with van der Waals surface area (Å²) < 4.78 is 0.799. The van der Waals surface area contributed by atoms with Crippen molar-refractivity contribution in [3.05, 3.63) is 64.1 Å². The van der Waals surface area contributed by atoms with Crippen molar-refractivity contribution in [2.75, 3.05) is 5.32 Å². The number of rotatable bonds is 3. The number of hydrogen-bond acceptors (Lipinski definition) is 3. The molecule has 0 aliphatic heterocycles. The highest BCUT2D eigenvalue weighted by molar-refractivity contribution is 9.10. The molecule has 0 aliphatic carbocycles. The van der Waals surface area contributed by atoms with Crippen molar-refractivity contribution in [3.8, 4) is 0 Å². The number of nitrogens with one attached hydrogen (secondary N) is 3. The third kappa shape index (κ3) is 5.93. The lowest BCUT2D eigenvalue weighted by Gasteiger charge is -2.21. The fourth-order valence-corrected chi connectivity index (χ4v) is 2.76. The molecular weight excluding hydrogens is 414 g/mol. The third-order valence-electron chi connectivity index (χ3n) is 3.22. The average Bonchev–Trinajstić information content (AvgIpc) is 2.53. The zero-order valence-corrected chi connectivity index (χ0v) is 17.1. The molecule has 0 saturated heterocycles. The summed E-state index contributed by atoms with van der Waals surface area (Å²) in [6.45, 7) is 5.72. The highest BCUT2D eigenvalue weighted by Gasteiger charge is 2.18. The molecule has 136 valence electrons. The highest BCUT2D eigenvalue weighted by atomic mass is 79.9. The van der Waals surface area contributed by atoms with E-state index in [0.29, 0.717) is 16.8 Å². The molecule has 3 N–H and O–H groups in total. The number of carbonyl (C=O) groups excluding carboxylic acids is 2. The Kier molecular flexibility index (Phi) is 6.50. The quantitative estimate of drug-likeness (QED) is 0.637. The van der Waals surface area contributed by atoms with E-state index in [9.17, 15) is 9.59 Å². The number of benzene rings is 2. The van der Waals surface area contributed by atoms with E-state index in [0.717, 1.165) is 4.47 Å². The third-order valence-corrected chi connectivity index (χ3v) is 3.92. The molecule has 2 aromatic carbocycles. The Labute approximate surface area is 166 Å². The molecule has 26 heavy (non-hydrogen) atoms. The molecule has 2 aromatic rings. The molecule has 0 heterocycles. The van der Waals surface area contributed by atoms with Gasteiger partial charge in [-0.05, 0) is 63.3 Å². The molecule has 0 spiro atoms. The van der Waals surface area contributed by atoms with Crippen LogP contribution < -0.4 is 16.0 Å². The minimum absolute atomic E-state index is 0.117. The molecule has 0 radical (unpaired) electrons. The van der Waals surface area contributed by atoms with E-state index in [1.54, 1.807) is 42.5 Å².